The lowest BCUT2D eigenvalue weighted by Gasteiger charge is -2.13. The maximum absolute atomic E-state index is 14.0. The lowest BCUT2D eigenvalue weighted by atomic mass is 10.1. The number of hydrogen-bond acceptors (Lipinski definition) is 5. The van der Waals surface area contributed by atoms with E-state index in [0.29, 0.717) is 34.0 Å². The van der Waals surface area contributed by atoms with E-state index in [-0.39, 0.29) is 18.5 Å². The van der Waals surface area contributed by atoms with Gasteiger partial charge >= 0.3 is 0 Å². The Morgan fingerprint density at radius 3 is 2.76 bits per heavy atom. The zero-order valence-electron chi connectivity index (χ0n) is 15.3. The summed E-state index contributed by atoms with van der Waals surface area (Å²) in [7, 11) is 0. The van der Waals surface area contributed by atoms with Crippen molar-refractivity contribution in [2.75, 3.05) is 6.61 Å². The van der Waals surface area contributed by atoms with Gasteiger partial charge in [-0.2, -0.15) is 0 Å². The van der Waals surface area contributed by atoms with E-state index in [1.54, 1.807) is 41.0 Å². The van der Waals surface area contributed by atoms with Gasteiger partial charge in [0.1, 0.15) is 23.7 Å². The van der Waals surface area contributed by atoms with E-state index in [1.807, 2.05) is 30.3 Å². The number of aromatic nitrogens is 3. The van der Waals surface area contributed by atoms with Crippen LogP contribution >= 0.6 is 0 Å². The number of benzene rings is 2. The van der Waals surface area contributed by atoms with E-state index in [2.05, 4.69) is 10.1 Å². The van der Waals surface area contributed by atoms with Crippen LogP contribution in [0.5, 0.6) is 5.88 Å². The quantitative estimate of drug-likeness (QED) is 0.484. The number of ether oxygens (including phenoxy) is 1. The standard InChI is InChI=1S/C22H17FN4O2/c23-16-7-4-8-19-15(16)11-20(29-19)18-12-25-21-9-10-22(26-27(18)21)28-13-17(24)14-5-2-1-3-6-14/h1-12,17H,13,24H2/t17-/m1/s1. The van der Waals surface area contributed by atoms with Crippen molar-refractivity contribution in [3.63, 3.8) is 0 Å². The third-order valence-electron chi connectivity index (χ3n) is 4.74. The highest BCUT2D eigenvalue weighted by Crippen LogP contribution is 2.29. The zero-order valence-corrected chi connectivity index (χ0v) is 15.3. The SMILES string of the molecule is N[C@H](COc1ccc2ncc(-c3cc4c(F)cccc4o3)n2n1)c1ccccc1. The summed E-state index contributed by atoms with van der Waals surface area (Å²) in [5.74, 6) is 0.548. The molecule has 0 aliphatic rings. The largest absolute Gasteiger partial charge is 0.475 e. The maximum Gasteiger partial charge on any atom is 0.231 e. The Morgan fingerprint density at radius 2 is 1.93 bits per heavy atom. The number of fused-ring (bicyclic) bond motifs is 2. The highest BCUT2D eigenvalue weighted by atomic mass is 19.1. The number of nitrogens with two attached hydrogens (primary N) is 1. The molecule has 0 fully saturated rings. The molecule has 5 aromatic rings. The van der Waals surface area contributed by atoms with Gasteiger partial charge in [0.25, 0.3) is 0 Å². The Morgan fingerprint density at radius 1 is 1.07 bits per heavy atom. The molecule has 0 spiro atoms. The molecule has 0 radical (unpaired) electrons. The van der Waals surface area contributed by atoms with E-state index in [4.69, 9.17) is 14.9 Å². The molecule has 3 heterocycles. The molecule has 0 saturated heterocycles. The molecule has 6 nitrogen and oxygen atoms in total. The van der Waals surface area contributed by atoms with Gasteiger partial charge in [0.05, 0.1) is 17.6 Å². The molecule has 2 N–H and O–H groups in total. The van der Waals surface area contributed by atoms with Crippen molar-refractivity contribution in [3.8, 4) is 17.3 Å². The first-order valence-corrected chi connectivity index (χ1v) is 9.15. The molecule has 7 heteroatoms. The fraction of sp³-hybridized carbons (Fsp3) is 0.0909. The van der Waals surface area contributed by atoms with E-state index >= 15 is 0 Å². The average Bonchev–Trinajstić information content (AvgIpc) is 3.37. The third kappa shape index (κ3) is 3.21. The Bertz CT molecular complexity index is 1300. The topological polar surface area (TPSA) is 78.6 Å². The van der Waals surface area contributed by atoms with Crippen LogP contribution in [-0.4, -0.2) is 21.2 Å². The molecule has 2 aromatic carbocycles. The first-order valence-electron chi connectivity index (χ1n) is 9.15. The summed E-state index contributed by atoms with van der Waals surface area (Å²) in [6.07, 6.45) is 1.64. The predicted molar refractivity (Wildman–Crippen MR) is 107 cm³/mol. The molecule has 0 bridgehead atoms. The van der Waals surface area contributed by atoms with Crippen molar-refractivity contribution in [3.05, 3.63) is 84.3 Å². The van der Waals surface area contributed by atoms with Gasteiger partial charge in [-0.1, -0.05) is 36.4 Å². The highest BCUT2D eigenvalue weighted by molar-refractivity contribution is 5.83. The molecular weight excluding hydrogens is 371 g/mol. The van der Waals surface area contributed by atoms with Crippen LogP contribution in [0.4, 0.5) is 4.39 Å². The van der Waals surface area contributed by atoms with Crippen LogP contribution in [-0.2, 0) is 0 Å². The predicted octanol–water partition coefficient (Wildman–Crippen LogP) is 4.36. The van der Waals surface area contributed by atoms with E-state index < -0.39 is 0 Å². The van der Waals surface area contributed by atoms with Crippen molar-refractivity contribution in [2.24, 2.45) is 5.73 Å². The van der Waals surface area contributed by atoms with Crippen LogP contribution in [0, 0.1) is 5.82 Å². The minimum atomic E-state index is -0.335. The lowest BCUT2D eigenvalue weighted by Crippen LogP contribution is -2.19. The molecule has 144 valence electrons. The minimum absolute atomic E-state index is 0.269. The second kappa shape index (κ2) is 7.03. The summed E-state index contributed by atoms with van der Waals surface area (Å²) >= 11 is 0. The molecule has 29 heavy (non-hydrogen) atoms. The van der Waals surface area contributed by atoms with Gasteiger partial charge in [-0.3, -0.25) is 0 Å². The second-order valence-corrected chi connectivity index (χ2v) is 6.68. The molecule has 0 saturated carbocycles. The fourth-order valence-electron chi connectivity index (χ4n) is 3.22. The number of halogens is 1. The number of rotatable bonds is 5. The minimum Gasteiger partial charge on any atom is -0.475 e. The van der Waals surface area contributed by atoms with Crippen LogP contribution in [0.1, 0.15) is 11.6 Å². The average molecular weight is 388 g/mol. The van der Waals surface area contributed by atoms with Crippen molar-refractivity contribution < 1.29 is 13.5 Å². The Kier molecular flexibility index (Phi) is 4.22. The van der Waals surface area contributed by atoms with E-state index in [0.717, 1.165) is 5.56 Å². The Balaban J connectivity index is 1.45. The summed E-state index contributed by atoms with van der Waals surface area (Å²) in [5, 5.41) is 4.91. The maximum atomic E-state index is 14.0. The van der Waals surface area contributed by atoms with Crippen molar-refractivity contribution >= 4 is 16.6 Å². The molecule has 0 amide bonds. The zero-order chi connectivity index (χ0) is 19.8. The summed E-state index contributed by atoms with van der Waals surface area (Å²) in [6.45, 7) is 0.280. The van der Waals surface area contributed by atoms with Gasteiger partial charge in [-0.05, 0) is 29.8 Å². The van der Waals surface area contributed by atoms with Crippen LogP contribution < -0.4 is 10.5 Å². The second-order valence-electron chi connectivity index (χ2n) is 6.68. The number of imidazole rings is 1. The van der Waals surface area contributed by atoms with Crippen LogP contribution in [0.2, 0.25) is 0 Å². The fourth-order valence-corrected chi connectivity index (χ4v) is 3.22. The van der Waals surface area contributed by atoms with E-state index in [9.17, 15) is 4.39 Å². The molecule has 0 aliphatic carbocycles. The van der Waals surface area contributed by atoms with Gasteiger partial charge in [-0.15, -0.1) is 5.10 Å². The normalized spacial score (nSPS) is 12.5. The van der Waals surface area contributed by atoms with Crippen LogP contribution in [0.15, 0.2) is 77.3 Å². The lowest BCUT2D eigenvalue weighted by molar-refractivity contribution is 0.276. The van der Waals surface area contributed by atoms with Gasteiger partial charge in [-0.25, -0.2) is 13.9 Å². The summed E-state index contributed by atoms with van der Waals surface area (Å²) < 4.78 is 27.2. The van der Waals surface area contributed by atoms with Gasteiger partial charge in [0, 0.05) is 6.07 Å². The first-order chi connectivity index (χ1) is 14.2. The third-order valence-corrected chi connectivity index (χ3v) is 4.74. The molecule has 1 atom stereocenters. The Hall–Kier alpha value is -3.71. The van der Waals surface area contributed by atoms with Crippen LogP contribution in [0.3, 0.4) is 0 Å². The summed E-state index contributed by atoms with van der Waals surface area (Å²) in [6, 6.07) is 19.4. The first kappa shape index (κ1) is 17.4. The molecule has 0 aliphatic heterocycles. The number of nitrogens with zero attached hydrogens (tertiary/aromatic N) is 3. The number of hydrogen-bond donors (Lipinski definition) is 1. The van der Waals surface area contributed by atoms with Crippen molar-refractivity contribution in [1.29, 1.82) is 0 Å². The molecule has 3 aromatic heterocycles. The number of furan rings is 1. The highest BCUT2D eigenvalue weighted by Gasteiger charge is 2.15. The van der Waals surface area contributed by atoms with Gasteiger partial charge in [0.15, 0.2) is 11.4 Å². The smallest absolute Gasteiger partial charge is 0.231 e. The summed E-state index contributed by atoms with van der Waals surface area (Å²) in [5.41, 5.74) is 8.88. The molecule has 5 rings (SSSR count). The van der Waals surface area contributed by atoms with Crippen LogP contribution in [0.25, 0.3) is 28.1 Å². The Labute approximate surface area is 165 Å². The summed E-state index contributed by atoms with van der Waals surface area (Å²) in [4.78, 5) is 4.34. The van der Waals surface area contributed by atoms with Gasteiger partial charge < -0.3 is 14.9 Å². The monoisotopic (exact) mass is 388 g/mol. The molecular formula is C22H17FN4O2. The van der Waals surface area contributed by atoms with Gasteiger partial charge in [0.2, 0.25) is 5.88 Å². The van der Waals surface area contributed by atoms with Crippen molar-refractivity contribution in [2.45, 2.75) is 6.04 Å². The van der Waals surface area contributed by atoms with E-state index in [1.165, 1.54) is 6.07 Å². The molecule has 0 unspecified atom stereocenters. The van der Waals surface area contributed by atoms with Crippen molar-refractivity contribution in [1.82, 2.24) is 14.6 Å².